The van der Waals surface area contributed by atoms with Gasteiger partial charge in [0.25, 0.3) is 0 Å². The van der Waals surface area contributed by atoms with Crippen molar-refractivity contribution in [2.24, 2.45) is 4.99 Å². The molecule has 0 aliphatic heterocycles. The van der Waals surface area contributed by atoms with Gasteiger partial charge < -0.3 is 15.5 Å². The van der Waals surface area contributed by atoms with Gasteiger partial charge in [-0.15, -0.1) is 24.0 Å². The van der Waals surface area contributed by atoms with Crippen LogP contribution in [0.1, 0.15) is 53.4 Å². The summed E-state index contributed by atoms with van der Waals surface area (Å²) in [6.07, 6.45) is 5.17. The molecule has 1 rings (SSSR count). The molecule has 1 unspecified atom stereocenters. The molecule has 0 aromatic rings. The van der Waals surface area contributed by atoms with Gasteiger partial charge in [0.15, 0.2) is 5.96 Å². The molecular weight excluding hydrogens is 413 g/mol. The van der Waals surface area contributed by atoms with E-state index in [0.29, 0.717) is 6.04 Å². The van der Waals surface area contributed by atoms with Gasteiger partial charge in [-0.3, -0.25) is 9.89 Å². The van der Waals surface area contributed by atoms with E-state index in [9.17, 15) is 0 Å². The van der Waals surface area contributed by atoms with Crippen molar-refractivity contribution in [2.75, 3.05) is 46.3 Å². The molecular formula is C18H40IN5. The predicted octanol–water partition coefficient (Wildman–Crippen LogP) is 2.76. The lowest BCUT2D eigenvalue weighted by Crippen LogP contribution is -2.45. The van der Waals surface area contributed by atoms with Crippen LogP contribution in [0.4, 0.5) is 0 Å². The topological polar surface area (TPSA) is 42.9 Å². The number of nitrogens with one attached hydrogen (secondary N) is 2. The quantitative estimate of drug-likeness (QED) is 0.271. The lowest BCUT2D eigenvalue weighted by atomic mass is 10.2. The average molecular weight is 453 g/mol. The van der Waals surface area contributed by atoms with E-state index in [1.165, 1.54) is 32.2 Å². The van der Waals surface area contributed by atoms with E-state index in [1.807, 2.05) is 7.05 Å². The van der Waals surface area contributed by atoms with Crippen LogP contribution in [-0.2, 0) is 0 Å². The standard InChI is InChI=1S/C18H39N5.HI/c1-6-22(7-2)14-9-10-16(4)21-18(19-5)20-13-15-23(8-3)17-11-12-17;/h16-17H,6-15H2,1-5H3,(H2,19,20,21);1H. The minimum atomic E-state index is 0. The fourth-order valence-electron chi connectivity index (χ4n) is 3.02. The third-order valence-corrected chi connectivity index (χ3v) is 4.77. The first-order chi connectivity index (χ1) is 11.1. The minimum absolute atomic E-state index is 0. The summed E-state index contributed by atoms with van der Waals surface area (Å²) >= 11 is 0. The van der Waals surface area contributed by atoms with E-state index in [0.717, 1.165) is 44.7 Å². The fourth-order valence-corrected chi connectivity index (χ4v) is 3.02. The summed E-state index contributed by atoms with van der Waals surface area (Å²) in [5, 5.41) is 6.97. The van der Waals surface area contributed by atoms with Crippen LogP contribution in [0.5, 0.6) is 0 Å². The second kappa shape index (κ2) is 14.1. The molecule has 1 atom stereocenters. The highest BCUT2D eigenvalue weighted by atomic mass is 127. The van der Waals surface area contributed by atoms with Crippen LogP contribution < -0.4 is 10.6 Å². The smallest absolute Gasteiger partial charge is 0.191 e. The number of likely N-dealkylation sites (N-methyl/N-ethyl adjacent to an activating group) is 1. The summed E-state index contributed by atoms with van der Waals surface area (Å²) < 4.78 is 0. The van der Waals surface area contributed by atoms with Crippen LogP contribution >= 0.6 is 24.0 Å². The molecule has 1 fully saturated rings. The molecule has 0 aromatic carbocycles. The van der Waals surface area contributed by atoms with Crippen molar-refractivity contribution >= 4 is 29.9 Å². The minimum Gasteiger partial charge on any atom is -0.355 e. The lowest BCUT2D eigenvalue weighted by molar-refractivity contribution is 0.281. The maximum Gasteiger partial charge on any atom is 0.191 e. The highest BCUT2D eigenvalue weighted by molar-refractivity contribution is 14.0. The molecule has 6 heteroatoms. The molecule has 0 saturated heterocycles. The Bertz CT molecular complexity index is 329. The molecule has 0 radical (unpaired) electrons. The average Bonchev–Trinajstić information content (AvgIpc) is 3.39. The Labute approximate surface area is 167 Å². The van der Waals surface area contributed by atoms with E-state index >= 15 is 0 Å². The largest absolute Gasteiger partial charge is 0.355 e. The van der Waals surface area contributed by atoms with E-state index in [4.69, 9.17) is 0 Å². The second-order valence-corrected chi connectivity index (χ2v) is 6.57. The molecule has 1 saturated carbocycles. The van der Waals surface area contributed by atoms with E-state index in [2.05, 4.69) is 53.1 Å². The van der Waals surface area contributed by atoms with Crippen molar-refractivity contribution in [2.45, 2.75) is 65.5 Å². The van der Waals surface area contributed by atoms with Gasteiger partial charge in [0.05, 0.1) is 0 Å². The Hall–Kier alpha value is -0.0800. The van der Waals surface area contributed by atoms with Gasteiger partial charge in [0, 0.05) is 32.2 Å². The Morgan fingerprint density at radius 3 is 2.29 bits per heavy atom. The Morgan fingerprint density at radius 1 is 1.12 bits per heavy atom. The van der Waals surface area contributed by atoms with Crippen LogP contribution in [0.15, 0.2) is 4.99 Å². The summed E-state index contributed by atoms with van der Waals surface area (Å²) in [6, 6.07) is 1.30. The monoisotopic (exact) mass is 453 g/mol. The number of nitrogens with zero attached hydrogens (tertiary/aromatic N) is 3. The molecule has 0 heterocycles. The van der Waals surface area contributed by atoms with Gasteiger partial charge in [-0.2, -0.15) is 0 Å². The molecule has 24 heavy (non-hydrogen) atoms. The number of aliphatic imine (C=N–C) groups is 1. The Balaban J connectivity index is 0.00000529. The maximum atomic E-state index is 4.35. The zero-order chi connectivity index (χ0) is 17.1. The van der Waals surface area contributed by atoms with Gasteiger partial charge in [-0.25, -0.2) is 0 Å². The van der Waals surface area contributed by atoms with E-state index < -0.39 is 0 Å². The molecule has 1 aliphatic rings. The second-order valence-electron chi connectivity index (χ2n) is 6.57. The Morgan fingerprint density at radius 2 is 1.79 bits per heavy atom. The van der Waals surface area contributed by atoms with Gasteiger partial charge in [-0.1, -0.05) is 20.8 Å². The molecule has 1 aliphatic carbocycles. The van der Waals surface area contributed by atoms with Gasteiger partial charge >= 0.3 is 0 Å². The summed E-state index contributed by atoms with van der Waals surface area (Å²) in [5.41, 5.74) is 0. The molecule has 0 bridgehead atoms. The molecule has 0 spiro atoms. The zero-order valence-electron chi connectivity index (χ0n) is 16.5. The zero-order valence-corrected chi connectivity index (χ0v) is 18.8. The molecule has 5 nitrogen and oxygen atoms in total. The Kier molecular flexibility index (Phi) is 14.1. The predicted molar refractivity (Wildman–Crippen MR) is 117 cm³/mol. The number of hydrogen-bond acceptors (Lipinski definition) is 3. The molecule has 2 N–H and O–H groups in total. The lowest BCUT2D eigenvalue weighted by Gasteiger charge is -2.23. The number of guanidine groups is 1. The van der Waals surface area contributed by atoms with Crippen LogP contribution in [0, 0.1) is 0 Å². The molecule has 144 valence electrons. The number of rotatable bonds is 12. The summed E-state index contributed by atoms with van der Waals surface area (Å²) in [6.45, 7) is 15.7. The first-order valence-electron chi connectivity index (χ1n) is 9.58. The van der Waals surface area contributed by atoms with Crippen molar-refractivity contribution in [3.63, 3.8) is 0 Å². The van der Waals surface area contributed by atoms with Crippen molar-refractivity contribution in [1.29, 1.82) is 0 Å². The number of halogens is 1. The first kappa shape index (κ1) is 23.9. The third kappa shape index (κ3) is 10.0. The normalized spacial score (nSPS) is 16.2. The van der Waals surface area contributed by atoms with Gasteiger partial charge in [0.2, 0.25) is 0 Å². The molecule has 0 aromatic heterocycles. The summed E-state index contributed by atoms with van der Waals surface area (Å²) in [4.78, 5) is 9.40. The van der Waals surface area contributed by atoms with Crippen LogP contribution in [0.25, 0.3) is 0 Å². The third-order valence-electron chi connectivity index (χ3n) is 4.77. The summed E-state index contributed by atoms with van der Waals surface area (Å²) in [5.74, 6) is 0.937. The van der Waals surface area contributed by atoms with Crippen molar-refractivity contribution < 1.29 is 0 Å². The van der Waals surface area contributed by atoms with Crippen molar-refractivity contribution in [3.8, 4) is 0 Å². The van der Waals surface area contributed by atoms with Gasteiger partial charge in [-0.05, 0) is 58.8 Å². The fraction of sp³-hybridized carbons (Fsp3) is 0.944. The SMILES string of the molecule is CCN(CC)CCCC(C)NC(=NC)NCCN(CC)C1CC1.I. The van der Waals surface area contributed by atoms with Crippen LogP contribution in [0.3, 0.4) is 0 Å². The maximum absolute atomic E-state index is 4.35. The van der Waals surface area contributed by atoms with Gasteiger partial charge in [0.1, 0.15) is 0 Å². The molecule has 0 amide bonds. The van der Waals surface area contributed by atoms with Crippen molar-refractivity contribution in [3.05, 3.63) is 0 Å². The number of hydrogen-bond donors (Lipinski definition) is 2. The van der Waals surface area contributed by atoms with Crippen molar-refractivity contribution in [1.82, 2.24) is 20.4 Å². The van der Waals surface area contributed by atoms with Crippen LogP contribution in [-0.4, -0.2) is 74.2 Å². The first-order valence-corrected chi connectivity index (χ1v) is 9.58. The van der Waals surface area contributed by atoms with E-state index in [1.54, 1.807) is 0 Å². The summed E-state index contributed by atoms with van der Waals surface area (Å²) in [7, 11) is 1.86. The highest BCUT2D eigenvalue weighted by Gasteiger charge is 2.27. The van der Waals surface area contributed by atoms with E-state index in [-0.39, 0.29) is 24.0 Å². The van der Waals surface area contributed by atoms with Crippen LogP contribution in [0.2, 0.25) is 0 Å². The highest BCUT2D eigenvalue weighted by Crippen LogP contribution is 2.25.